The van der Waals surface area contributed by atoms with E-state index in [1.165, 1.54) is 17.2 Å². The third kappa shape index (κ3) is 3.26. The van der Waals surface area contributed by atoms with Gasteiger partial charge < -0.3 is 15.5 Å². The maximum Gasteiger partial charge on any atom is 0.123 e. The molecular weight excluding hydrogens is 238 g/mol. The first-order valence-electron chi connectivity index (χ1n) is 6.37. The van der Waals surface area contributed by atoms with Crippen LogP contribution in [0.15, 0.2) is 42.5 Å². The summed E-state index contributed by atoms with van der Waals surface area (Å²) in [5.41, 5.74) is 3.27. The number of phenolic OH excluding ortho intramolecular Hbond substituents is 2. The molecule has 0 bridgehead atoms. The van der Waals surface area contributed by atoms with Crippen molar-refractivity contribution in [2.45, 2.75) is 26.4 Å². The smallest absolute Gasteiger partial charge is 0.123 e. The third-order valence-corrected chi connectivity index (χ3v) is 3.32. The third-order valence-electron chi connectivity index (χ3n) is 3.32. The molecule has 0 aromatic heterocycles. The van der Waals surface area contributed by atoms with Crippen molar-refractivity contribution in [1.82, 2.24) is 5.32 Å². The van der Waals surface area contributed by atoms with Crippen LogP contribution in [-0.2, 0) is 6.54 Å². The van der Waals surface area contributed by atoms with Gasteiger partial charge in [-0.2, -0.15) is 0 Å². The summed E-state index contributed by atoms with van der Waals surface area (Å²) in [5.74, 6) is 0.192. The van der Waals surface area contributed by atoms with Crippen LogP contribution in [0.3, 0.4) is 0 Å². The Hall–Kier alpha value is -2.00. The maximum absolute atomic E-state index is 9.73. The van der Waals surface area contributed by atoms with E-state index in [1.54, 1.807) is 12.1 Å². The summed E-state index contributed by atoms with van der Waals surface area (Å²) in [6.07, 6.45) is 0. The van der Waals surface area contributed by atoms with Crippen LogP contribution in [-0.4, -0.2) is 10.2 Å². The number of phenols is 2. The molecule has 100 valence electrons. The van der Waals surface area contributed by atoms with E-state index in [4.69, 9.17) is 0 Å². The summed E-state index contributed by atoms with van der Waals surface area (Å²) >= 11 is 0. The highest BCUT2D eigenvalue weighted by atomic mass is 16.3. The van der Waals surface area contributed by atoms with Crippen molar-refractivity contribution in [2.75, 3.05) is 0 Å². The second kappa shape index (κ2) is 5.76. The second-order valence-corrected chi connectivity index (χ2v) is 4.77. The largest absolute Gasteiger partial charge is 0.508 e. The Kier molecular flexibility index (Phi) is 4.07. The van der Waals surface area contributed by atoms with Crippen molar-refractivity contribution in [3.63, 3.8) is 0 Å². The first kappa shape index (κ1) is 13.4. The van der Waals surface area contributed by atoms with Gasteiger partial charge in [0.2, 0.25) is 0 Å². The van der Waals surface area contributed by atoms with Crippen molar-refractivity contribution in [3.05, 3.63) is 59.2 Å². The first-order chi connectivity index (χ1) is 9.08. The van der Waals surface area contributed by atoms with Gasteiger partial charge in [0.25, 0.3) is 0 Å². The molecule has 0 fully saturated rings. The highest BCUT2D eigenvalue weighted by Crippen LogP contribution is 2.23. The van der Waals surface area contributed by atoms with Crippen LogP contribution < -0.4 is 5.32 Å². The number of benzene rings is 2. The summed E-state index contributed by atoms with van der Waals surface area (Å²) in [4.78, 5) is 0. The Morgan fingerprint density at radius 1 is 1.11 bits per heavy atom. The van der Waals surface area contributed by atoms with E-state index < -0.39 is 0 Å². The first-order valence-corrected chi connectivity index (χ1v) is 6.37. The molecule has 0 aliphatic carbocycles. The Labute approximate surface area is 113 Å². The van der Waals surface area contributed by atoms with E-state index in [9.17, 15) is 10.2 Å². The average molecular weight is 257 g/mol. The summed E-state index contributed by atoms with van der Waals surface area (Å²) in [5, 5.41) is 22.4. The number of hydrogen-bond acceptors (Lipinski definition) is 3. The standard InChI is InChI=1S/C16H19NO2/c1-11-5-3-4-6-15(11)12(2)17-10-13-7-8-14(18)9-16(13)19/h3-9,12,17-19H,10H2,1-2H3/t12-/m1/s1. The molecule has 3 heteroatoms. The predicted molar refractivity (Wildman–Crippen MR) is 76.2 cm³/mol. The van der Waals surface area contributed by atoms with Crippen LogP contribution in [0, 0.1) is 6.92 Å². The fourth-order valence-electron chi connectivity index (χ4n) is 2.15. The summed E-state index contributed by atoms with van der Waals surface area (Å²) < 4.78 is 0. The van der Waals surface area contributed by atoms with Gasteiger partial charge in [-0.25, -0.2) is 0 Å². The van der Waals surface area contributed by atoms with Gasteiger partial charge >= 0.3 is 0 Å². The quantitative estimate of drug-likeness (QED) is 0.788. The van der Waals surface area contributed by atoms with Gasteiger partial charge in [-0.05, 0) is 31.0 Å². The predicted octanol–water partition coefficient (Wildman–Crippen LogP) is 3.26. The zero-order chi connectivity index (χ0) is 13.8. The summed E-state index contributed by atoms with van der Waals surface area (Å²) in [6.45, 7) is 4.74. The normalized spacial score (nSPS) is 12.3. The molecule has 0 heterocycles. The zero-order valence-corrected chi connectivity index (χ0v) is 11.2. The van der Waals surface area contributed by atoms with Crippen molar-refractivity contribution in [3.8, 4) is 11.5 Å². The van der Waals surface area contributed by atoms with Gasteiger partial charge in [-0.3, -0.25) is 0 Å². The molecule has 0 unspecified atom stereocenters. The highest BCUT2D eigenvalue weighted by Gasteiger charge is 2.08. The summed E-state index contributed by atoms with van der Waals surface area (Å²) in [7, 11) is 0. The lowest BCUT2D eigenvalue weighted by molar-refractivity contribution is 0.441. The van der Waals surface area contributed by atoms with Crippen molar-refractivity contribution < 1.29 is 10.2 Å². The fourth-order valence-corrected chi connectivity index (χ4v) is 2.15. The Morgan fingerprint density at radius 3 is 2.53 bits per heavy atom. The molecule has 0 saturated carbocycles. The van der Waals surface area contributed by atoms with Crippen molar-refractivity contribution in [1.29, 1.82) is 0 Å². The molecule has 0 radical (unpaired) electrons. The molecule has 1 atom stereocenters. The zero-order valence-electron chi connectivity index (χ0n) is 11.2. The van der Waals surface area contributed by atoms with Crippen LogP contribution in [0.1, 0.15) is 29.7 Å². The number of nitrogens with one attached hydrogen (secondary N) is 1. The Morgan fingerprint density at radius 2 is 1.84 bits per heavy atom. The molecule has 2 aromatic rings. The van der Waals surface area contributed by atoms with E-state index >= 15 is 0 Å². The van der Waals surface area contributed by atoms with Gasteiger partial charge in [0.1, 0.15) is 11.5 Å². The van der Waals surface area contributed by atoms with Gasteiger partial charge in [-0.15, -0.1) is 0 Å². The average Bonchev–Trinajstić information content (AvgIpc) is 2.38. The highest BCUT2D eigenvalue weighted by molar-refractivity contribution is 5.39. The van der Waals surface area contributed by atoms with Gasteiger partial charge in [0, 0.05) is 24.2 Å². The molecule has 3 nitrogen and oxygen atoms in total. The minimum Gasteiger partial charge on any atom is -0.508 e. The molecule has 3 N–H and O–H groups in total. The van der Waals surface area contributed by atoms with E-state index in [2.05, 4.69) is 31.3 Å². The molecule has 0 aliphatic rings. The Bertz CT molecular complexity index is 566. The van der Waals surface area contributed by atoms with Crippen LogP contribution >= 0.6 is 0 Å². The van der Waals surface area contributed by atoms with Gasteiger partial charge in [0.15, 0.2) is 0 Å². The second-order valence-electron chi connectivity index (χ2n) is 4.77. The van der Waals surface area contributed by atoms with Crippen molar-refractivity contribution in [2.24, 2.45) is 0 Å². The molecule has 2 rings (SSSR count). The molecule has 0 amide bonds. The van der Waals surface area contributed by atoms with Crippen LogP contribution in [0.4, 0.5) is 0 Å². The van der Waals surface area contributed by atoms with Gasteiger partial charge in [0.05, 0.1) is 0 Å². The molecular formula is C16H19NO2. The van der Waals surface area contributed by atoms with Crippen molar-refractivity contribution >= 4 is 0 Å². The van der Waals surface area contributed by atoms with Crippen LogP contribution in [0.2, 0.25) is 0 Å². The number of aromatic hydroxyl groups is 2. The molecule has 0 saturated heterocycles. The lowest BCUT2D eigenvalue weighted by atomic mass is 10.0. The minimum absolute atomic E-state index is 0.0770. The monoisotopic (exact) mass is 257 g/mol. The molecule has 0 spiro atoms. The Balaban J connectivity index is 2.04. The fraction of sp³-hybridized carbons (Fsp3) is 0.250. The van der Waals surface area contributed by atoms with E-state index in [0.29, 0.717) is 6.54 Å². The maximum atomic E-state index is 9.73. The van der Waals surface area contributed by atoms with Crippen LogP contribution in [0.25, 0.3) is 0 Å². The van der Waals surface area contributed by atoms with E-state index in [1.807, 2.05) is 12.1 Å². The lowest BCUT2D eigenvalue weighted by Gasteiger charge is -2.17. The lowest BCUT2D eigenvalue weighted by Crippen LogP contribution is -2.18. The van der Waals surface area contributed by atoms with E-state index in [0.717, 1.165) is 5.56 Å². The van der Waals surface area contributed by atoms with E-state index in [-0.39, 0.29) is 17.5 Å². The molecule has 2 aromatic carbocycles. The molecule has 0 aliphatic heterocycles. The van der Waals surface area contributed by atoms with Crippen LogP contribution in [0.5, 0.6) is 11.5 Å². The minimum atomic E-state index is 0.0770. The number of rotatable bonds is 4. The topological polar surface area (TPSA) is 52.5 Å². The number of hydrogen-bond donors (Lipinski definition) is 3. The summed E-state index contributed by atoms with van der Waals surface area (Å²) in [6, 6.07) is 13.1. The number of aryl methyl sites for hydroxylation is 1. The van der Waals surface area contributed by atoms with Gasteiger partial charge in [-0.1, -0.05) is 30.3 Å². The molecule has 19 heavy (non-hydrogen) atoms. The SMILES string of the molecule is Cc1ccccc1[C@@H](C)NCc1ccc(O)cc1O.